The first-order valence-corrected chi connectivity index (χ1v) is 8.66. The average molecular weight is 341 g/mol. The fraction of sp³-hybridized carbons (Fsp3) is 0.381. The molecule has 0 saturated carbocycles. The molecule has 0 atom stereocenters. The molecule has 0 saturated heterocycles. The lowest BCUT2D eigenvalue weighted by Crippen LogP contribution is -2.17. The summed E-state index contributed by atoms with van der Waals surface area (Å²) in [4.78, 5) is 12.6. The minimum Gasteiger partial charge on any atom is -0.493 e. The van der Waals surface area contributed by atoms with Gasteiger partial charge in [0.25, 0.3) is 0 Å². The number of anilines is 1. The number of hydrogen-bond acceptors (Lipinski definition) is 3. The predicted octanol–water partition coefficient (Wildman–Crippen LogP) is 4.32. The maximum absolute atomic E-state index is 12.6. The van der Waals surface area contributed by atoms with Crippen LogP contribution < -0.4 is 14.8 Å². The average Bonchev–Trinajstić information content (AvgIpc) is 2.63. The van der Waals surface area contributed by atoms with Crippen LogP contribution in [0.3, 0.4) is 0 Å². The summed E-state index contributed by atoms with van der Waals surface area (Å²) in [6, 6.07) is 9.96. The van der Waals surface area contributed by atoms with Crippen LogP contribution in [0.4, 0.5) is 5.69 Å². The molecule has 0 unspecified atom stereocenters. The summed E-state index contributed by atoms with van der Waals surface area (Å²) in [6.45, 7) is 6.17. The molecule has 25 heavy (non-hydrogen) atoms. The Bertz CT molecular complexity index is 731. The molecule has 2 aromatic carbocycles. The molecule has 0 bridgehead atoms. The fourth-order valence-corrected chi connectivity index (χ4v) is 2.97. The molecule has 1 amide bonds. The van der Waals surface area contributed by atoms with Gasteiger partial charge in [-0.15, -0.1) is 0 Å². The van der Waals surface area contributed by atoms with Crippen LogP contribution in [0.5, 0.6) is 11.5 Å². The van der Waals surface area contributed by atoms with E-state index in [2.05, 4.69) is 31.3 Å². The Morgan fingerprint density at radius 3 is 2.04 bits per heavy atom. The van der Waals surface area contributed by atoms with Crippen molar-refractivity contribution in [2.45, 2.75) is 40.0 Å². The van der Waals surface area contributed by atoms with Crippen molar-refractivity contribution in [1.82, 2.24) is 0 Å². The van der Waals surface area contributed by atoms with Crippen molar-refractivity contribution < 1.29 is 14.3 Å². The van der Waals surface area contributed by atoms with Crippen molar-refractivity contribution in [1.29, 1.82) is 0 Å². The molecular weight excluding hydrogens is 314 g/mol. The Labute approximate surface area is 150 Å². The van der Waals surface area contributed by atoms with Crippen LogP contribution in [0.25, 0.3) is 0 Å². The second kappa shape index (κ2) is 8.56. The summed E-state index contributed by atoms with van der Waals surface area (Å²) in [5, 5.41) is 3.11. The van der Waals surface area contributed by atoms with E-state index in [1.54, 1.807) is 14.2 Å². The van der Waals surface area contributed by atoms with E-state index in [0.717, 1.165) is 40.8 Å². The van der Waals surface area contributed by atoms with E-state index in [1.165, 1.54) is 0 Å². The topological polar surface area (TPSA) is 47.6 Å². The van der Waals surface area contributed by atoms with Crippen LogP contribution in [0.1, 0.15) is 36.1 Å². The molecule has 2 aromatic rings. The van der Waals surface area contributed by atoms with Gasteiger partial charge in [-0.3, -0.25) is 4.79 Å². The van der Waals surface area contributed by atoms with Gasteiger partial charge in [0.1, 0.15) is 0 Å². The van der Waals surface area contributed by atoms with Gasteiger partial charge < -0.3 is 14.8 Å². The molecule has 0 aliphatic carbocycles. The van der Waals surface area contributed by atoms with Gasteiger partial charge >= 0.3 is 0 Å². The maximum Gasteiger partial charge on any atom is 0.228 e. The first-order valence-electron chi connectivity index (χ1n) is 8.66. The third-order valence-electron chi connectivity index (χ3n) is 4.46. The number of para-hydroxylation sites is 1. The Morgan fingerprint density at radius 2 is 1.52 bits per heavy atom. The first kappa shape index (κ1) is 18.8. The minimum absolute atomic E-state index is 0.0223. The highest BCUT2D eigenvalue weighted by molar-refractivity contribution is 5.94. The molecule has 0 radical (unpaired) electrons. The van der Waals surface area contributed by atoms with Gasteiger partial charge in [-0.05, 0) is 54.2 Å². The van der Waals surface area contributed by atoms with Gasteiger partial charge in [0, 0.05) is 5.69 Å². The third-order valence-corrected chi connectivity index (χ3v) is 4.46. The van der Waals surface area contributed by atoms with Crippen molar-refractivity contribution in [2.24, 2.45) is 0 Å². The molecule has 0 aromatic heterocycles. The van der Waals surface area contributed by atoms with Crippen LogP contribution in [0.2, 0.25) is 0 Å². The monoisotopic (exact) mass is 341 g/mol. The Hall–Kier alpha value is -2.49. The van der Waals surface area contributed by atoms with E-state index in [9.17, 15) is 4.79 Å². The standard InChI is InChI=1S/C21H27NO3/c1-6-15-9-8-10-16(7-2)21(15)22-20(23)13-17-12-19(25-5)18(24-4)11-14(17)3/h8-12H,6-7,13H2,1-5H3,(H,22,23). The molecule has 0 fully saturated rings. The number of nitrogens with one attached hydrogen (secondary N) is 1. The van der Waals surface area contributed by atoms with E-state index >= 15 is 0 Å². The molecule has 4 nitrogen and oxygen atoms in total. The highest BCUT2D eigenvalue weighted by Crippen LogP contribution is 2.31. The van der Waals surface area contributed by atoms with Crippen molar-refractivity contribution >= 4 is 11.6 Å². The van der Waals surface area contributed by atoms with Crippen molar-refractivity contribution in [2.75, 3.05) is 19.5 Å². The minimum atomic E-state index is -0.0223. The van der Waals surface area contributed by atoms with Gasteiger partial charge in [0.2, 0.25) is 5.91 Å². The number of carbonyl (C=O) groups excluding carboxylic acids is 1. The number of methoxy groups -OCH3 is 2. The second-order valence-corrected chi connectivity index (χ2v) is 6.02. The highest BCUT2D eigenvalue weighted by atomic mass is 16.5. The zero-order valence-corrected chi connectivity index (χ0v) is 15.7. The summed E-state index contributed by atoms with van der Waals surface area (Å²) in [7, 11) is 3.21. The third kappa shape index (κ3) is 4.32. The molecule has 134 valence electrons. The molecule has 2 rings (SSSR count). The molecule has 0 heterocycles. The lowest BCUT2D eigenvalue weighted by molar-refractivity contribution is -0.115. The van der Waals surface area contributed by atoms with Gasteiger partial charge in [-0.1, -0.05) is 32.0 Å². The highest BCUT2D eigenvalue weighted by Gasteiger charge is 2.14. The van der Waals surface area contributed by atoms with Crippen molar-refractivity contribution in [3.63, 3.8) is 0 Å². The van der Waals surface area contributed by atoms with Crippen molar-refractivity contribution in [3.05, 3.63) is 52.6 Å². The number of hydrogen-bond donors (Lipinski definition) is 1. The Morgan fingerprint density at radius 1 is 0.960 bits per heavy atom. The number of aryl methyl sites for hydroxylation is 3. The van der Waals surface area contributed by atoms with E-state index in [0.29, 0.717) is 17.9 Å². The lowest BCUT2D eigenvalue weighted by atomic mass is 10.0. The van der Waals surface area contributed by atoms with Crippen molar-refractivity contribution in [3.8, 4) is 11.5 Å². The summed E-state index contributed by atoms with van der Waals surface area (Å²) in [6.07, 6.45) is 2.07. The van der Waals surface area contributed by atoms with E-state index in [4.69, 9.17) is 9.47 Å². The van der Waals surface area contributed by atoms with Crippen LogP contribution in [-0.4, -0.2) is 20.1 Å². The van der Waals surface area contributed by atoms with Gasteiger partial charge in [0.15, 0.2) is 11.5 Å². The van der Waals surface area contributed by atoms with E-state index in [1.807, 2.05) is 25.1 Å². The smallest absolute Gasteiger partial charge is 0.228 e. The number of carbonyl (C=O) groups is 1. The molecular formula is C21H27NO3. The fourth-order valence-electron chi connectivity index (χ4n) is 2.97. The molecule has 0 aliphatic heterocycles. The van der Waals surface area contributed by atoms with Crippen LogP contribution >= 0.6 is 0 Å². The maximum atomic E-state index is 12.6. The lowest BCUT2D eigenvalue weighted by Gasteiger charge is -2.16. The largest absolute Gasteiger partial charge is 0.493 e. The van der Waals surface area contributed by atoms with Crippen LogP contribution in [-0.2, 0) is 24.1 Å². The Kier molecular flexibility index (Phi) is 6.45. The zero-order valence-electron chi connectivity index (χ0n) is 15.7. The van der Waals surface area contributed by atoms with Gasteiger partial charge in [-0.25, -0.2) is 0 Å². The normalized spacial score (nSPS) is 10.4. The molecule has 4 heteroatoms. The number of rotatable bonds is 7. The molecule has 0 spiro atoms. The predicted molar refractivity (Wildman–Crippen MR) is 102 cm³/mol. The van der Waals surface area contributed by atoms with Crippen LogP contribution in [0, 0.1) is 6.92 Å². The number of benzene rings is 2. The molecule has 1 N–H and O–H groups in total. The van der Waals surface area contributed by atoms with Gasteiger partial charge in [-0.2, -0.15) is 0 Å². The van der Waals surface area contributed by atoms with E-state index in [-0.39, 0.29) is 5.91 Å². The SMILES string of the molecule is CCc1cccc(CC)c1NC(=O)Cc1cc(OC)c(OC)cc1C. The number of ether oxygens (including phenoxy) is 2. The number of amides is 1. The van der Waals surface area contributed by atoms with Gasteiger partial charge in [0.05, 0.1) is 20.6 Å². The Balaban J connectivity index is 2.24. The molecule has 0 aliphatic rings. The first-order chi connectivity index (χ1) is 12.0. The zero-order chi connectivity index (χ0) is 18.4. The summed E-state index contributed by atoms with van der Waals surface area (Å²) < 4.78 is 10.7. The summed E-state index contributed by atoms with van der Waals surface area (Å²) in [5.41, 5.74) is 5.22. The summed E-state index contributed by atoms with van der Waals surface area (Å²) in [5.74, 6) is 1.29. The summed E-state index contributed by atoms with van der Waals surface area (Å²) >= 11 is 0. The second-order valence-electron chi connectivity index (χ2n) is 6.02. The van der Waals surface area contributed by atoms with E-state index < -0.39 is 0 Å². The van der Waals surface area contributed by atoms with Crippen LogP contribution in [0.15, 0.2) is 30.3 Å². The quantitative estimate of drug-likeness (QED) is 0.816.